The van der Waals surface area contributed by atoms with Crippen LogP contribution in [0.2, 0.25) is 0 Å². The zero-order valence-electron chi connectivity index (χ0n) is 10.6. The van der Waals surface area contributed by atoms with Gasteiger partial charge >= 0.3 is 6.03 Å². The molecule has 2 amide bonds. The molecule has 1 unspecified atom stereocenters. The summed E-state index contributed by atoms with van der Waals surface area (Å²) in [6.07, 6.45) is -5.69. The van der Waals surface area contributed by atoms with Gasteiger partial charge in [-0.05, 0) is 12.1 Å². The van der Waals surface area contributed by atoms with E-state index >= 15 is 0 Å². The SMILES string of the molecule is O=C(Nc1ccccc1)N1CC(O)[C@H](O)[C@@H](C(F)F)C1. The molecule has 0 aliphatic carbocycles. The Balaban J connectivity index is 2.03. The van der Waals surface area contributed by atoms with Crippen LogP contribution in [0.3, 0.4) is 0 Å². The number of anilines is 1. The zero-order chi connectivity index (χ0) is 14.7. The van der Waals surface area contributed by atoms with Gasteiger partial charge in [-0.2, -0.15) is 0 Å². The lowest BCUT2D eigenvalue weighted by molar-refractivity contribution is -0.106. The lowest BCUT2D eigenvalue weighted by atomic mass is 9.93. The van der Waals surface area contributed by atoms with E-state index in [1.807, 2.05) is 0 Å². The molecular formula is C13H16F2N2O3. The Kier molecular flexibility index (Phi) is 4.51. The minimum atomic E-state index is -2.80. The van der Waals surface area contributed by atoms with Crippen molar-refractivity contribution < 1.29 is 23.8 Å². The number of benzene rings is 1. The summed E-state index contributed by atoms with van der Waals surface area (Å²) in [6.45, 7) is -0.475. The Labute approximate surface area is 114 Å². The number of para-hydroxylation sites is 1. The molecule has 110 valence electrons. The van der Waals surface area contributed by atoms with Gasteiger partial charge in [-0.15, -0.1) is 0 Å². The summed E-state index contributed by atoms with van der Waals surface area (Å²) in [5, 5.41) is 21.6. The lowest BCUT2D eigenvalue weighted by Gasteiger charge is -2.38. The first-order chi connectivity index (χ1) is 9.49. The van der Waals surface area contributed by atoms with Gasteiger partial charge in [0.25, 0.3) is 0 Å². The van der Waals surface area contributed by atoms with Crippen molar-refractivity contribution in [3.05, 3.63) is 30.3 Å². The van der Waals surface area contributed by atoms with Gasteiger partial charge in [0.2, 0.25) is 6.43 Å². The number of hydrogen-bond acceptors (Lipinski definition) is 3. The number of nitrogens with zero attached hydrogens (tertiary/aromatic N) is 1. The molecule has 20 heavy (non-hydrogen) atoms. The highest BCUT2D eigenvalue weighted by atomic mass is 19.3. The van der Waals surface area contributed by atoms with E-state index in [0.29, 0.717) is 5.69 Å². The van der Waals surface area contributed by atoms with Crippen LogP contribution in [-0.2, 0) is 0 Å². The fraction of sp³-hybridized carbons (Fsp3) is 0.462. The molecule has 0 spiro atoms. The number of alkyl halides is 2. The molecule has 2 rings (SSSR count). The van der Waals surface area contributed by atoms with Gasteiger partial charge < -0.3 is 20.4 Å². The molecule has 1 aliphatic heterocycles. The van der Waals surface area contributed by atoms with Gasteiger partial charge in [-0.1, -0.05) is 18.2 Å². The summed E-state index contributed by atoms with van der Waals surface area (Å²) in [6, 6.07) is 7.99. The second kappa shape index (κ2) is 6.15. The molecule has 1 aromatic carbocycles. The normalized spacial score (nSPS) is 26.6. The standard InChI is InChI=1S/C13H16F2N2O3/c14-12(15)9-6-17(7-10(18)11(9)19)13(20)16-8-4-2-1-3-5-8/h1-5,9-12,18-19H,6-7H2,(H,16,20)/t9-,10?,11+/m0/s1. The molecule has 3 N–H and O–H groups in total. The van der Waals surface area contributed by atoms with Gasteiger partial charge in [0.1, 0.15) is 0 Å². The number of carbonyl (C=O) groups is 1. The molecule has 3 atom stereocenters. The average Bonchev–Trinajstić information content (AvgIpc) is 2.42. The van der Waals surface area contributed by atoms with Crippen LogP contribution < -0.4 is 5.32 Å². The maximum atomic E-state index is 12.8. The first-order valence-electron chi connectivity index (χ1n) is 6.24. The lowest BCUT2D eigenvalue weighted by Crippen LogP contribution is -2.56. The molecule has 0 saturated carbocycles. The van der Waals surface area contributed by atoms with Crippen molar-refractivity contribution in [1.82, 2.24) is 4.90 Å². The van der Waals surface area contributed by atoms with E-state index in [-0.39, 0.29) is 13.1 Å². The van der Waals surface area contributed by atoms with Crippen molar-refractivity contribution >= 4 is 11.7 Å². The van der Waals surface area contributed by atoms with Crippen LogP contribution >= 0.6 is 0 Å². The maximum absolute atomic E-state index is 12.8. The van der Waals surface area contributed by atoms with Crippen molar-refractivity contribution in [2.45, 2.75) is 18.6 Å². The predicted molar refractivity (Wildman–Crippen MR) is 68.5 cm³/mol. The summed E-state index contributed by atoms with van der Waals surface area (Å²) in [5.41, 5.74) is 0.534. The Morgan fingerprint density at radius 2 is 1.90 bits per heavy atom. The third-order valence-corrected chi connectivity index (χ3v) is 3.31. The summed E-state index contributed by atoms with van der Waals surface area (Å²) < 4.78 is 25.6. The second-order valence-corrected chi connectivity index (χ2v) is 4.76. The Morgan fingerprint density at radius 1 is 1.25 bits per heavy atom. The van der Waals surface area contributed by atoms with Gasteiger partial charge in [-0.25, -0.2) is 13.6 Å². The van der Waals surface area contributed by atoms with Crippen LogP contribution in [0.25, 0.3) is 0 Å². The van der Waals surface area contributed by atoms with Crippen molar-refractivity contribution in [3.63, 3.8) is 0 Å². The molecule has 1 heterocycles. The van der Waals surface area contributed by atoms with E-state index in [4.69, 9.17) is 0 Å². The van der Waals surface area contributed by atoms with E-state index in [0.717, 1.165) is 4.90 Å². The van der Waals surface area contributed by atoms with Crippen molar-refractivity contribution in [2.24, 2.45) is 5.92 Å². The molecule has 1 aliphatic rings. The van der Waals surface area contributed by atoms with Gasteiger partial charge in [0, 0.05) is 12.2 Å². The topological polar surface area (TPSA) is 72.8 Å². The quantitative estimate of drug-likeness (QED) is 0.763. The fourth-order valence-corrected chi connectivity index (χ4v) is 2.17. The Hall–Kier alpha value is -1.73. The van der Waals surface area contributed by atoms with Gasteiger partial charge in [-0.3, -0.25) is 0 Å². The number of piperidine rings is 1. The largest absolute Gasteiger partial charge is 0.390 e. The maximum Gasteiger partial charge on any atom is 0.321 e. The van der Waals surface area contributed by atoms with Crippen LogP contribution in [0, 0.1) is 5.92 Å². The number of urea groups is 1. The van der Waals surface area contributed by atoms with E-state index in [1.165, 1.54) is 0 Å². The highest BCUT2D eigenvalue weighted by Gasteiger charge is 2.41. The number of aliphatic hydroxyl groups excluding tert-OH is 2. The first-order valence-corrected chi connectivity index (χ1v) is 6.24. The zero-order valence-corrected chi connectivity index (χ0v) is 10.6. The van der Waals surface area contributed by atoms with Gasteiger partial charge in [0.15, 0.2) is 0 Å². The van der Waals surface area contributed by atoms with Crippen LogP contribution in [0.1, 0.15) is 0 Å². The smallest absolute Gasteiger partial charge is 0.321 e. The predicted octanol–water partition coefficient (Wildman–Crippen LogP) is 1.14. The minimum absolute atomic E-state index is 0.178. The highest BCUT2D eigenvalue weighted by Crippen LogP contribution is 2.24. The Bertz CT molecular complexity index is 458. The number of halogens is 2. The molecule has 1 aromatic rings. The number of likely N-dealkylation sites (tertiary alicyclic amines) is 1. The number of aliphatic hydroxyl groups is 2. The third-order valence-electron chi connectivity index (χ3n) is 3.31. The monoisotopic (exact) mass is 286 g/mol. The number of hydrogen-bond donors (Lipinski definition) is 3. The number of β-amino-alcohol motifs (C(OH)–C–C–N with tert-alkyl or cyclic N) is 1. The van der Waals surface area contributed by atoms with Gasteiger partial charge in [0.05, 0.1) is 24.7 Å². The first kappa shape index (κ1) is 14.7. The fourth-order valence-electron chi connectivity index (χ4n) is 2.17. The number of amides is 2. The Morgan fingerprint density at radius 3 is 2.50 bits per heavy atom. The van der Waals surface area contributed by atoms with Crippen LogP contribution in [0.15, 0.2) is 30.3 Å². The third kappa shape index (κ3) is 3.23. The molecular weight excluding hydrogens is 270 g/mol. The molecule has 5 nitrogen and oxygen atoms in total. The average molecular weight is 286 g/mol. The van der Waals surface area contributed by atoms with E-state index in [9.17, 15) is 23.8 Å². The van der Waals surface area contributed by atoms with Crippen LogP contribution in [0.4, 0.5) is 19.3 Å². The van der Waals surface area contributed by atoms with E-state index in [2.05, 4.69) is 5.32 Å². The summed E-state index contributed by atoms with van der Waals surface area (Å²) in [4.78, 5) is 13.0. The van der Waals surface area contributed by atoms with Crippen molar-refractivity contribution in [3.8, 4) is 0 Å². The van der Waals surface area contributed by atoms with E-state index in [1.54, 1.807) is 30.3 Å². The molecule has 0 bridgehead atoms. The molecule has 1 saturated heterocycles. The molecule has 0 radical (unpaired) electrons. The van der Waals surface area contributed by atoms with E-state index < -0.39 is 30.6 Å². The van der Waals surface area contributed by atoms with Crippen molar-refractivity contribution in [1.29, 1.82) is 0 Å². The number of nitrogens with one attached hydrogen (secondary N) is 1. The summed E-state index contributed by atoms with van der Waals surface area (Å²) in [7, 11) is 0. The highest BCUT2D eigenvalue weighted by molar-refractivity contribution is 5.89. The second-order valence-electron chi connectivity index (χ2n) is 4.76. The molecule has 1 fully saturated rings. The number of carbonyl (C=O) groups excluding carboxylic acids is 1. The molecule has 0 aromatic heterocycles. The summed E-state index contributed by atoms with van der Waals surface area (Å²) in [5.74, 6) is -1.44. The van der Waals surface area contributed by atoms with Crippen LogP contribution in [0.5, 0.6) is 0 Å². The molecule has 7 heteroatoms. The van der Waals surface area contributed by atoms with Crippen LogP contribution in [-0.4, -0.2) is 52.9 Å². The van der Waals surface area contributed by atoms with Crippen molar-refractivity contribution in [2.75, 3.05) is 18.4 Å². The minimum Gasteiger partial charge on any atom is -0.390 e. The summed E-state index contributed by atoms with van der Waals surface area (Å²) >= 11 is 0. The number of rotatable bonds is 2.